The lowest BCUT2D eigenvalue weighted by Gasteiger charge is -2.49. The summed E-state index contributed by atoms with van der Waals surface area (Å²) < 4.78 is 0. The first-order valence-electron chi connectivity index (χ1n) is 5.82. The molecule has 2 heteroatoms. The Kier molecular flexibility index (Phi) is 4.27. The van der Waals surface area contributed by atoms with Gasteiger partial charge in [-0.2, -0.15) is 0 Å². The van der Waals surface area contributed by atoms with E-state index in [-0.39, 0.29) is 0 Å². The van der Waals surface area contributed by atoms with E-state index < -0.39 is 0 Å². The Morgan fingerprint density at radius 3 is 2.50 bits per heavy atom. The van der Waals surface area contributed by atoms with Gasteiger partial charge in [0.25, 0.3) is 0 Å². The molecule has 0 saturated heterocycles. The molecule has 2 unspecified atom stereocenters. The first-order valence-corrected chi connectivity index (χ1v) is 6.25. The lowest BCUT2D eigenvalue weighted by atomic mass is 9.67. The minimum atomic E-state index is 0.291. The van der Waals surface area contributed by atoms with E-state index in [2.05, 4.69) is 33.0 Å². The van der Waals surface area contributed by atoms with Gasteiger partial charge in [-0.05, 0) is 37.1 Å². The van der Waals surface area contributed by atoms with E-state index in [4.69, 9.17) is 11.6 Å². The minimum Gasteiger partial charge on any atom is -0.313 e. The van der Waals surface area contributed by atoms with Gasteiger partial charge < -0.3 is 5.32 Å². The van der Waals surface area contributed by atoms with Crippen molar-refractivity contribution in [3.63, 3.8) is 0 Å². The highest BCUT2D eigenvalue weighted by Gasteiger charge is 2.46. The van der Waals surface area contributed by atoms with Crippen molar-refractivity contribution < 1.29 is 0 Å². The Hall–Kier alpha value is 0.250. The van der Waals surface area contributed by atoms with Gasteiger partial charge in [-0.1, -0.05) is 27.7 Å². The van der Waals surface area contributed by atoms with E-state index in [0.29, 0.717) is 16.8 Å². The molecule has 0 aromatic carbocycles. The predicted octanol–water partition coefficient (Wildman–Crippen LogP) is 3.42. The summed E-state index contributed by atoms with van der Waals surface area (Å²) >= 11 is 6.16. The van der Waals surface area contributed by atoms with Crippen LogP contribution in [0.3, 0.4) is 0 Å². The molecule has 1 rings (SSSR count). The van der Waals surface area contributed by atoms with Crippen LogP contribution in [0.2, 0.25) is 0 Å². The highest BCUT2D eigenvalue weighted by atomic mass is 35.5. The van der Waals surface area contributed by atoms with Crippen molar-refractivity contribution >= 4 is 11.6 Å². The molecule has 0 radical (unpaired) electrons. The largest absolute Gasteiger partial charge is 0.313 e. The second-order valence-corrected chi connectivity index (χ2v) is 6.09. The molecule has 1 nitrogen and oxygen atoms in total. The van der Waals surface area contributed by atoms with Gasteiger partial charge in [0.15, 0.2) is 0 Å². The van der Waals surface area contributed by atoms with Crippen LogP contribution in [0.1, 0.15) is 47.0 Å². The Balaban J connectivity index is 2.09. The second kappa shape index (κ2) is 4.85. The van der Waals surface area contributed by atoms with Crippen LogP contribution in [-0.4, -0.2) is 18.0 Å². The van der Waals surface area contributed by atoms with Gasteiger partial charge in [-0.15, -0.1) is 11.6 Å². The second-order valence-electron chi connectivity index (χ2n) is 5.57. The van der Waals surface area contributed by atoms with Crippen LogP contribution in [0.15, 0.2) is 0 Å². The van der Waals surface area contributed by atoms with Gasteiger partial charge in [-0.3, -0.25) is 0 Å². The molecule has 0 bridgehead atoms. The van der Waals surface area contributed by atoms with Crippen molar-refractivity contribution in [2.24, 2.45) is 11.3 Å². The van der Waals surface area contributed by atoms with Crippen LogP contribution in [0.25, 0.3) is 0 Å². The van der Waals surface area contributed by atoms with Gasteiger partial charge in [0.2, 0.25) is 0 Å². The maximum atomic E-state index is 6.16. The van der Waals surface area contributed by atoms with Crippen LogP contribution in [0.4, 0.5) is 0 Å². The molecule has 2 atom stereocenters. The minimum absolute atomic E-state index is 0.291. The molecule has 0 heterocycles. The molecule has 84 valence electrons. The Labute approximate surface area is 93.6 Å². The van der Waals surface area contributed by atoms with Crippen molar-refractivity contribution in [1.82, 2.24) is 5.32 Å². The van der Waals surface area contributed by atoms with E-state index in [1.54, 1.807) is 0 Å². The fraction of sp³-hybridized carbons (Fsp3) is 1.00. The van der Waals surface area contributed by atoms with Crippen LogP contribution in [0, 0.1) is 11.3 Å². The van der Waals surface area contributed by atoms with Crippen LogP contribution >= 0.6 is 11.6 Å². The third-order valence-corrected chi connectivity index (χ3v) is 4.24. The highest BCUT2D eigenvalue weighted by Crippen LogP contribution is 2.44. The van der Waals surface area contributed by atoms with Crippen molar-refractivity contribution in [1.29, 1.82) is 0 Å². The fourth-order valence-corrected chi connectivity index (χ4v) is 2.34. The smallest absolute Gasteiger partial charge is 0.0416 e. The third kappa shape index (κ3) is 2.87. The topological polar surface area (TPSA) is 12.0 Å². The first kappa shape index (κ1) is 12.3. The fourth-order valence-electron chi connectivity index (χ4n) is 2.01. The Morgan fingerprint density at radius 2 is 2.07 bits per heavy atom. The molecule has 0 aliphatic heterocycles. The summed E-state index contributed by atoms with van der Waals surface area (Å²) in [7, 11) is 0. The summed E-state index contributed by atoms with van der Waals surface area (Å²) in [4.78, 5) is 0. The lowest BCUT2D eigenvalue weighted by molar-refractivity contribution is 0.116. The quantitative estimate of drug-likeness (QED) is 0.550. The van der Waals surface area contributed by atoms with Crippen LogP contribution in [-0.2, 0) is 0 Å². The number of rotatable bonds is 5. The van der Waals surface area contributed by atoms with E-state index >= 15 is 0 Å². The van der Waals surface area contributed by atoms with Crippen LogP contribution < -0.4 is 5.32 Å². The van der Waals surface area contributed by atoms with Gasteiger partial charge in [-0.25, -0.2) is 0 Å². The molecule has 1 N–H and O–H groups in total. The molecule has 1 aliphatic rings. The molecule has 0 amide bonds. The molecule has 0 spiro atoms. The van der Waals surface area contributed by atoms with Crippen molar-refractivity contribution in [2.45, 2.75) is 58.4 Å². The molecule has 0 aromatic rings. The maximum absolute atomic E-state index is 6.16. The summed E-state index contributed by atoms with van der Waals surface area (Å²) in [5.41, 5.74) is 0.291. The predicted molar refractivity (Wildman–Crippen MR) is 63.9 cm³/mol. The lowest BCUT2D eigenvalue weighted by Crippen LogP contribution is -2.57. The molecule has 14 heavy (non-hydrogen) atoms. The molecule has 0 aromatic heterocycles. The summed E-state index contributed by atoms with van der Waals surface area (Å²) in [5.74, 6) is 0.826. The van der Waals surface area contributed by atoms with Crippen molar-refractivity contribution in [3.05, 3.63) is 0 Å². The van der Waals surface area contributed by atoms with Gasteiger partial charge in [0, 0.05) is 11.4 Å². The summed E-state index contributed by atoms with van der Waals surface area (Å²) in [6.45, 7) is 10.2. The monoisotopic (exact) mass is 217 g/mol. The number of hydrogen-bond acceptors (Lipinski definition) is 1. The molecule has 1 aliphatic carbocycles. The maximum Gasteiger partial charge on any atom is 0.0416 e. The van der Waals surface area contributed by atoms with Crippen molar-refractivity contribution in [2.75, 3.05) is 6.54 Å². The number of nitrogens with one attached hydrogen (secondary N) is 1. The summed E-state index contributed by atoms with van der Waals surface area (Å²) in [6.07, 6.45) is 3.75. The third-order valence-electron chi connectivity index (χ3n) is 3.50. The zero-order valence-corrected chi connectivity index (χ0v) is 10.7. The molecule has 1 fully saturated rings. The summed E-state index contributed by atoms with van der Waals surface area (Å²) in [6, 6.07) is 0.636. The van der Waals surface area contributed by atoms with E-state index in [1.165, 1.54) is 12.8 Å². The highest BCUT2D eigenvalue weighted by molar-refractivity contribution is 6.21. The number of halogens is 1. The van der Waals surface area contributed by atoms with Gasteiger partial charge in [0.1, 0.15) is 0 Å². The van der Waals surface area contributed by atoms with Gasteiger partial charge in [0.05, 0.1) is 0 Å². The molecular weight excluding hydrogens is 194 g/mol. The van der Waals surface area contributed by atoms with E-state index in [1.807, 2.05) is 0 Å². The molecular formula is C12H24ClN. The average molecular weight is 218 g/mol. The van der Waals surface area contributed by atoms with Crippen molar-refractivity contribution in [3.8, 4) is 0 Å². The zero-order chi connectivity index (χ0) is 10.8. The van der Waals surface area contributed by atoms with Crippen LogP contribution in [0.5, 0.6) is 0 Å². The van der Waals surface area contributed by atoms with E-state index in [9.17, 15) is 0 Å². The number of alkyl halides is 1. The Morgan fingerprint density at radius 1 is 1.43 bits per heavy atom. The number of hydrogen-bond donors (Lipinski definition) is 1. The SMILES string of the molecule is CC(C)CCCNC1CC(Cl)C1(C)C. The molecule has 1 saturated carbocycles. The Bertz CT molecular complexity index is 177. The normalized spacial score (nSPS) is 30.4. The average Bonchev–Trinajstić information content (AvgIpc) is 2.10. The zero-order valence-electron chi connectivity index (χ0n) is 9.94. The summed E-state index contributed by atoms with van der Waals surface area (Å²) in [5, 5.41) is 3.98. The van der Waals surface area contributed by atoms with E-state index in [0.717, 1.165) is 18.9 Å². The first-order chi connectivity index (χ1) is 6.44. The standard InChI is InChI=1S/C12H24ClN/c1-9(2)6-5-7-14-11-8-10(13)12(11,3)4/h9-11,14H,5-8H2,1-4H3. The van der Waals surface area contributed by atoms with Gasteiger partial charge >= 0.3 is 0 Å².